The molecule has 0 spiro atoms. The number of likely N-dealkylation sites (tertiary alicyclic amines) is 1. The maximum absolute atomic E-state index is 13.8. The zero-order chi connectivity index (χ0) is 28.0. The molecule has 0 saturated carbocycles. The molecule has 12 heteroatoms. The van der Waals surface area contributed by atoms with Crippen molar-refractivity contribution in [2.45, 2.75) is 69.6 Å². The van der Waals surface area contributed by atoms with Gasteiger partial charge in [0, 0.05) is 60.1 Å². The van der Waals surface area contributed by atoms with E-state index in [1.54, 1.807) is 6.07 Å². The molecule has 7 nitrogen and oxygen atoms in total. The van der Waals surface area contributed by atoms with Crippen LogP contribution in [0.15, 0.2) is 23.1 Å². The molecule has 2 aliphatic rings. The van der Waals surface area contributed by atoms with Gasteiger partial charge in [0.15, 0.2) is 0 Å². The highest BCUT2D eigenvalue weighted by atomic mass is 32.2. The number of aromatic nitrogens is 2. The maximum Gasteiger partial charge on any atom is 0.417 e. The van der Waals surface area contributed by atoms with E-state index in [1.807, 2.05) is 11.6 Å². The largest absolute Gasteiger partial charge is 0.417 e. The number of piperidine rings is 1. The molecule has 2 aliphatic heterocycles. The van der Waals surface area contributed by atoms with Gasteiger partial charge in [-0.05, 0) is 64.0 Å². The summed E-state index contributed by atoms with van der Waals surface area (Å²) in [6.07, 6.45) is 2.89. The van der Waals surface area contributed by atoms with Crippen molar-refractivity contribution in [3.63, 3.8) is 0 Å². The molecule has 0 radical (unpaired) electrons. The van der Waals surface area contributed by atoms with Crippen LogP contribution < -0.4 is 5.32 Å². The van der Waals surface area contributed by atoms with Crippen molar-refractivity contribution in [3.05, 3.63) is 35.0 Å². The minimum atomic E-state index is -4.46. The Morgan fingerprint density at radius 3 is 2.54 bits per heavy atom. The SMILES string of the molecule is CCCNCCSc1cc(-c2nn(CCCN3CCCCC3)c3c2CN(S(C)(=O)=O)CC3)ccc1C(F)(F)F. The molecule has 1 fully saturated rings. The van der Waals surface area contributed by atoms with Crippen LogP contribution in [-0.2, 0) is 35.7 Å². The summed E-state index contributed by atoms with van der Waals surface area (Å²) in [6, 6.07) is 4.19. The second-order valence-electron chi connectivity index (χ2n) is 10.4. The summed E-state index contributed by atoms with van der Waals surface area (Å²) in [4.78, 5) is 2.64. The van der Waals surface area contributed by atoms with Gasteiger partial charge >= 0.3 is 6.18 Å². The lowest BCUT2D eigenvalue weighted by Crippen LogP contribution is -2.35. The number of rotatable bonds is 12. The van der Waals surface area contributed by atoms with Crippen molar-refractivity contribution in [3.8, 4) is 11.3 Å². The van der Waals surface area contributed by atoms with Crippen LogP contribution >= 0.6 is 11.8 Å². The highest BCUT2D eigenvalue weighted by molar-refractivity contribution is 7.99. The van der Waals surface area contributed by atoms with Gasteiger partial charge in [-0.1, -0.05) is 19.4 Å². The number of halogens is 3. The summed E-state index contributed by atoms with van der Waals surface area (Å²) in [5.74, 6) is 0.511. The molecule has 1 aromatic heterocycles. The van der Waals surface area contributed by atoms with E-state index in [2.05, 4.69) is 10.2 Å². The van der Waals surface area contributed by atoms with Crippen molar-refractivity contribution in [1.29, 1.82) is 0 Å². The quantitative estimate of drug-likeness (QED) is 0.283. The van der Waals surface area contributed by atoms with Gasteiger partial charge in [0.1, 0.15) is 0 Å². The third-order valence-corrected chi connectivity index (χ3v) is 9.69. The number of thioether (sulfide) groups is 1. The topological polar surface area (TPSA) is 70.5 Å². The van der Waals surface area contributed by atoms with E-state index in [0.717, 1.165) is 56.3 Å². The van der Waals surface area contributed by atoms with Crippen LogP contribution in [0.1, 0.15) is 55.8 Å². The van der Waals surface area contributed by atoms with Crippen LogP contribution in [0, 0.1) is 0 Å². The Labute approximate surface area is 234 Å². The summed E-state index contributed by atoms with van der Waals surface area (Å²) < 4.78 is 69.6. The predicted molar refractivity (Wildman–Crippen MR) is 150 cm³/mol. The van der Waals surface area contributed by atoms with Crippen LogP contribution in [-0.4, -0.2) is 78.7 Å². The molecule has 4 rings (SSSR count). The molecular weight excluding hydrogens is 547 g/mol. The van der Waals surface area contributed by atoms with E-state index in [1.165, 1.54) is 47.7 Å². The standard InChI is InChI=1S/C27H40F3N5O2S2/c1-3-11-31-12-18-38-25-19-21(8-9-23(25)27(28,29)30)26-22-20-34(39(2,36)37)17-10-24(22)35(32-26)16-7-15-33-13-5-4-6-14-33/h8-9,19,31H,3-7,10-18,20H2,1-2H3. The molecule has 0 amide bonds. The Morgan fingerprint density at radius 1 is 1.08 bits per heavy atom. The number of hydrogen-bond acceptors (Lipinski definition) is 6. The van der Waals surface area contributed by atoms with Gasteiger partial charge in [0.25, 0.3) is 0 Å². The fraction of sp³-hybridized carbons (Fsp3) is 0.667. The van der Waals surface area contributed by atoms with Crippen LogP contribution in [0.3, 0.4) is 0 Å². The lowest BCUT2D eigenvalue weighted by molar-refractivity contribution is -0.139. The molecule has 1 saturated heterocycles. The summed E-state index contributed by atoms with van der Waals surface area (Å²) in [5, 5.41) is 8.12. The van der Waals surface area contributed by atoms with Crippen molar-refractivity contribution >= 4 is 21.8 Å². The molecule has 1 N–H and O–H groups in total. The smallest absolute Gasteiger partial charge is 0.316 e. The minimum absolute atomic E-state index is 0.169. The summed E-state index contributed by atoms with van der Waals surface area (Å²) in [7, 11) is -3.41. The first-order valence-corrected chi connectivity index (χ1v) is 16.7. The fourth-order valence-corrected chi connectivity index (χ4v) is 7.15. The van der Waals surface area contributed by atoms with Gasteiger partial charge in [-0.25, -0.2) is 8.42 Å². The highest BCUT2D eigenvalue weighted by Crippen LogP contribution is 2.40. The van der Waals surface area contributed by atoms with Gasteiger partial charge in [0.05, 0.1) is 17.5 Å². The van der Waals surface area contributed by atoms with E-state index in [9.17, 15) is 21.6 Å². The van der Waals surface area contributed by atoms with Gasteiger partial charge in [-0.3, -0.25) is 4.68 Å². The number of sulfonamides is 1. The van der Waals surface area contributed by atoms with Gasteiger partial charge in [-0.2, -0.15) is 22.6 Å². The summed E-state index contributed by atoms with van der Waals surface area (Å²) >= 11 is 1.18. The zero-order valence-corrected chi connectivity index (χ0v) is 24.5. The number of alkyl halides is 3. The predicted octanol–water partition coefficient (Wildman–Crippen LogP) is 4.85. The van der Waals surface area contributed by atoms with E-state index >= 15 is 0 Å². The van der Waals surface area contributed by atoms with Crippen molar-refractivity contribution in [1.82, 2.24) is 24.3 Å². The van der Waals surface area contributed by atoms with E-state index in [0.29, 0.717) is 43.1 Å². The highest BCUT2D eigenvalue weighted by Gasteiger charge is 2.35. The normalized spacial score (nSPS) is 17.5. The average molecular weight is 588 g/mol. The van der Waals surface area contributed by atoms with Crippen molar-refractivity contribution in [2.75, 3.05) is 51.3 Å². The van der Waals surface area contributed by atoms with E-state index in [4.69, 9.17) is 5.10 Å². The van der Waals surface area contributed by atoms with E-state index < -0.39 is 21.8 Å². The molecule has 0 unspecified atom stereocenters. The molecule has 39 heavy (non-hydrogen) atoms. The van der Waals surface area contributed by atoms with Crippen LogP contribution in [0.2, 0.25) is 0 Å². The second-order valence-corrected chi connectivity index (χ2v) is 13.5. The fourth-order valence-electron chi connectivity index (χ4n) is 5.35. The van der Waals surface area contributed by atoms with E-state index in [-0.39, 0.29) is 11.4 Å². The van der Waals surface area contributed by atoms with Gasteiger partial charge in [-0.15, -0.1) is 11.8 Å². The molecule has 0 atom stereocenters. The summed E-state index contributed by atoms with van der Waals surface area (Å²) in [5.41, 5.74) is 2.30. The average Bonchev–Trinajstić information content (AvgIpc) is 3.26. The molecule has 2 aromatic rings. The molecular formula is C27H40F3N5O2S2. The zero-order valence-electron chi connectivity index (χ0n) is 22.9. The Kier molecular flexibility index (Phi) is 10.4. The minimum Gasteiger partial charge on any atom is -0.316 e. The van der Waals surface area contributed by atoms with Crippen LogP contribution in [0.4, 0.5) is 13.2 Å². The molecule has 1 aromatic carbocycles. The van der Waals surface area contributed by atoms with Crippen molar-refractivity contribution < 1.29 is 21.6 Å². The number of fused-ring (bicyclic) bond motifs is 1. The van der Waals surface area contributed by atoms with Crippen molar-refractivity contribution in [2.24, 2.45) is 0 Å². The first-order valence-electron chi connectivity index (χ1n) is 13.9. The number of aryl methyl sites for hydroxylation is 1. The number of benzene rings is 1. The Bertz CT molecular complexity index is 1210. The Balaban J connectivity index is 1.63. The first kappa shape index (κ1) is 30.4. The lowest BCUT2D eigenvalue weighted by atomic mass is 10.0. The third-order valence-electron chi connectivity index (χ3n) is 7.38. The molecule has 218 valence electrons. The number of hydrogen-bond donors (Lipinski definition) is 1. The molecule has 3 heterocycles. The molecule has 0 bridgehead atoms. The molecule has 0 aliphatic carbocycles. The van der Waals surface area contributed by atoms with Gasteiger partial charge in [0.2, 0.25) is 10.0 Å². The van der Waals surface area contributed by atoms with Crippen LogP contribution in [0.5, 0.6) is 0 Å². The maximum atomic E-state index is 13.8. The monoisotopic (exact) mass is 587 g/mol. The first-order chi connectivity index (χ1) is 18.6. The van der Waals surface area contributed by atoms with Crippen LogP contribution in [0.25, 0.3) is 11.3 Å². The van der Waals surface area contributed by atoms with Gasteiger partial charge < -0.3 is 10.2 Å². The third kappa shape index (κ3) is 8.00. The lowest BCUT2D eigenvalue weighted by Gasteiger charge is -2.27. The number of nitrogens with one attached hydrogen (secondary N) is 1. The second kappa shape index (κ2) is 13.4. The Morgan fingerprint density at radius 2 is 1.85 bits per heavy atom. The Hall–Kier alpha value is -1.60. The number of nitrogens with zero attached hydrogens (tertiary/aromatic N) is 4. The summed E-state index contributed by atoms with van der Waals surface area (Å²) in [6.45, 7) is 7.95.